The molecule has 1 fully saturated rings. The van der Waals surface area contributed by atoms with Crippen molar-refractivity contribution in [3.05, 3.63) is 41.3 Å². The third-order valence-electron chi connectivity index (χ3n) is 5.82. The standard InChI is InChI=1S/C24H35N3O4S/c1-17-6-8-21(9-7-17)24-26-22(20(4)31-24)15-32(29,30)16-23(28)25-10-5-11-27-13-18(2)12-19(3)14-27/h6-9,18-19H,5,10-16H2,1-4H3,(H,25,28)/t18-,19-/m1/s1. The molecule has 0 bridgehead atoms. The summed E-state index contributed by atoms with van der Waals surface area (Å²) in [6.07, 6.45) is 2.08. The second kappa shape index (κ2) is 10.6. The first-order chi connectivity index (χ1) is 15.1. The molecule has 1 N–H and O–H groups in total. The number of rotatable bonds is 9. The van der Waals surface area contributed by atoms with Crippen LogP contribution in [0.5, 0.6) is 0 Å². The minimum absolute atomic E-state index is 0.314. The van der Waals surface area contributed by atoms with Gasteiger partial charge < -0.3 is 14.6 Å². The van der Waals surface area contributed by atoms with Gasteiger partial charge in [0.2, 0.25) is 11.8 Å². The molecule has 0 unspecified atom stereocenters. The van der Waals surface area contributed by atoms with Crippen molar-refractivity contribution in [1.29, 1.82) is 0 Å². The molecule has 0 spiro atoms. The summed E-state index contributed by atoms with van der Waals surface area (Å²) in [4.78, 5) is 19.0. The average Bonchev–Trinajstić information content (AvgIpc) is 3.04. The molecule has 176 valence electrons. The van der Waals surface area contributed by atoms with Crippen LogP contribution >= 0.6 is 0 Å². The number of aromatic nitrogens is 1. The predicted octanol–water partition coefficient (Wildman–Crippen LogP) is 3.36. The zero-order valence-electron chi connectivity index (χ0n) is 19.6. The van der Waals surface area contributed by atoms with Crippen LogP contribution in [0.2, 0.25) is 0 Å². The molecular weight excluding hydrogens is 426 g/mol. The Morgan fingerprint density at radius 2 is 1.81 bits per heavy atom. The van der Waals surface area contributed by atoms with Gasteiger partial charge in [0.25, 0.3) is 0 Å². The van der Waals surface area contributed by atoms with Gasteiger partial charge in [-0.15, -0.1) is 0 Å². The van der Waals surface area contributed by atoms with E-state index in [0.717, 1.165) is 37.2 Å². The van der Waals surface area contributed by atoms with Crippen molar-refractivity contribution in [2.75, 3.05) is 31.9 Å². The maximum atomic E-state index is 12.6. The number of oxazole rings is 1. The number of aryl methyl sites for hydroxylation is 2. The molecule has 1 aliphatic heterocycles. The van der Waals surface area contributed by atoms with E-state index in [1.165, 1.54) is 6.42 Å². The second-order valence-corrected chi connectivity index (χ2v) is 11.4. The SMILES string of the molecule is Cc1ccc(-c2nc(CS(=O)(=O)CC(=O)NCCCN3C[C@H](C)C[C@@H](C)C3)c(C)o2)cc1. The zero-order valence-corrected chi connectivity index (χ0v) is 20.4. The highest BCUT2D eigenvalue weighted by Crippen LogP contribution is 2.23. The van der Waals surface area contributed by atoms with Crippen LogP contribution in [-0.4, -0.2) is 56.1 Å². The Kier molecular flexibility index (Phi) is 8.11. The molecule has 2 atom stereocenters. The van der Waals surface area contributed by atoms with Crippen LogP contribution in [0.15, 0.2) is 28.7 Å². The maximum Gasteiger partial charge on any atom is 0.235 e. The lowest BCUT2D eigenvalue weighted by Gasteiger charge is -2.34. The topological polar surface area (TPSA) is 92.5 Å². The Hall–Kier alpha value is -2.19. The fraction of sp³-hybridized carbons (Fsp3) is 0.583. The van der Waals surface area contributed by atoms with Gasteiger partial charge in [-0.25, -0.2) is 13.4 Å². The van der Waals surface area contributed by atoms with E-state index in [1.54, 1.807) is 6.92 Å². The highest BCUT2D eigenvalue weighted by molar-refractivity contribution is 7.91. The minimum atomic E-state index is -3.65. The lowest BCUT2D eigenvalue weighted by molar-refractivity contribution is -0.118. The summed E-state index contributed by atoms with van der Waals surface area (Å²) >= 11 is 0. The molecule has 1 aliphatic rings. The van der Waals surface area contributed by atoms with Crippen molar-refractivity contribution < 1.29 is 17.6 Å². The van der Waals surface area contributed by atoms with Crippen molar-refractivity contribution in [3.8, 4) is 11.5 Å². The Labute approximate surface area is 191 Å². The van der Waals surface area contributed by atoms with Gasteiger partial charge in [0.05, 0.1) is 11.4 Å². The predicted molar refractivity (Wildman–Crippen MR) is 126 cm³/mol. The van der Waals surface area contributed by atoms with E-state index < -0.39 is 21.5 Å². The van der Waals surface area contributed by atoms with Crippen molar-refractivity contribution in [3.63, 3.8) is 0 Å². The fourth-order valence-corrected chi connectivity index (χ4v) is 5.68. The van der Waals surface area contributed by atoms with Gasteiger partial charge in [-0.2, -0.15) is 0 Å². The Morgan fingerprint density at radius 1 is 1.16 bits per heavy atom. The third kappa shape index (κ3) is 7.17. The summed E-state index contributed by atoms with van der Waals surface area (Å²) < 4.78 is 30.8. The largest absolute Gasteiger partial charge is 0.441 e. The Morgan fingerprint density at radius 3 is 2.47 bits per heavy atom. The van der Waals surface area contributed by atoms with Crippen LogP contribution < -0.4 is 5.32 Å². The highest BCUT2D eigenvalue weighted by atomic mass is 32.2. The number of nitrogens with one attached hydrogen (secondary N) is 1. The Balaban J connectivity index is 1.46. The molecule has 0 aliphatic carbocycles. The summed E-state index contributed by atoms with van der Waals surface area (Å²) in [6.45, 7) is 11.8. The van der Waals surface area contributed by atoms with Crippen LogP contribution in [-0.2, 0) is 20.4 Å². The van der Waals surface area contributed by atoms with Crippen LogP contribution in [0.25, 0.3) is 11.5 Å². The van der Waals surface area contributed by atoms with Crippen LogP contribution in [0.3, 0.4) is 0 Å². The van der Waals surface area contributed by atoms with Crippen molar-refractivity contribution >= 4 is 15.7 Å². The van der Waals surface area contributed by atoms with Gasteiger partial charge in [-0.1, -0.05) is 31.5 Å². The first kappa shape index (κ1) is 24.5. The number of benzene rings is 1. The summed E-state index contributed by atoms with van der Waals surface area (Å²) in [5.74, 6) is 0.913. The monoisotopic (exact) mass is 461 g/mol. The summed E-state index contributed by atoms with van der Waals surface area (Å²) in [5.41, 5.74) is 2.25. The fourth-order valence-electron chi connectivity index (χ4n) is 4.40. The second-order valence-electron chi connectivity index (χ2n) is 9.33. The molecule has 0 saturated carbocycles. The molecule has 8 heteroatoms. The molecule has 1 saturated heterocycles. The lowest BCUT2D eigenvalue weighted by Crippen LogP contribution is -2.40. The van der Waals surface area contributed by atoms with Gasteiger partial charge in [-0.05, 0) is 57.2 Å². The van der Waals surface area contributed by atoms with E-state index in [0.29, 0.717) is 35.7 Å². The normalized spacial score (nSPS) is 19.8. The number of carbonyl (C=O) groups excluding carboxylic acids is 1. The lowest BCUT2D eigenvalue weighted by atomic mass is 9.92. The average molecular weight is 462 g/mol. The number of hydrogen-bond donors (Lipinski definition) is 1. The molecule has 3 rings (SSSR count). The van der Waals surface area contributed by atoms with Crippen molar-refractivity contribution in [2.45, 2.75) is 46.3 Å². The molecular formula is C24H35N3O4S. The third-order valence-corrected chi connectivity index (χ3v) is 7.23. The van der Waals surface area contributed by atoms with Gasteiger partial charge in [-0.3, -0.25) is 4.79 Å². The Bertz CT molecular complexity index is 1000. The highest BCUT2D eigenvalue weighted by Gasteiger charge is 2.23. The first-order valence-electron chi connectivity index (χ1n) is 11.3. The number of piperidine rings is 1. The van der Waals surface area contributed by atoms with Crippen molar-refractivity contribution in [1.82, 2.24) is 15.2 Å². The van der Waals surface area contributed by atoms with Gasteiger partial charge in [0.1, 0.15) is 11.5 Å². The maximum absolute atomic E-state index is 12.6. The molecule has 32 heavy (non-hydrogen) atoms. The molecule has 2 aromatic rings. The molecule has 7 nitrogen and oxygen atoms in total. The van der Waals surface area contributed by atoms with Crippen LogP contribution in [0.4, 0.5) is 0 Å². The van der Waals surface area contributed by atoms with E-state index in [2.05, 4.69) is 29.0 Å². The molecule has 1 aromatic heterocycles. The number of likely N-dealkylation sites (tertiary alicyclic amines) is 1. The quantitative estimate of drug-likeness (QED) is 0.576. The van der Waals surface area contributed by atoms with Crippen LogP contribution in [0, 0.1) is 25.7 Å². The van der Waals surface area contributed by atoms with Gasteiger partial charge in [0, 0.05) is 25.2 Å². The van der Waals surface area contributed by atoms with E-state index in [9.17, 15) is 13.2 Å². The first-order valence-corrected chi connectivity index (χ1v) is 13.2. The molecule has 0 radical (unpaired) electrons. The van der Waals surface area contributed by atoms with E-state index in [-0.39, 0.29) is 5.75 Å². The summed E-state index contributed by atoms with van der Waals surface area (Å²) in [7, 11) is -3.65. The minimum Gasteiger partial charge on any atom is -0.441 e. The molecule has 1 aromatic carbocycles. The number of carbonyl (C=O) groups is 1. The van der Waals surface area contributed by atoms with E-state index >= 15 is 0 Å². The molecule has 2 heterocycles. The smallest absolute Gasteiger partial charge is 0.235 e. The summed E-state index contributed by atoms with van der Waals surface area (Å²) in [5, 5.41) is 2.75. The van der Waals surface area contributed by atoms with Crippen LogP contribution in [0.1, 0.15) is 43.7 Å². The number of amides is 1. The van der Waals surface area contributed by atoms with E-state index in [4.69, 9.17) is 4.42 Å². The molecule has 1 amide bonds. The number of sulfone groups is 1. The van der Waals surface area contributed by atoms with Gasteiger partial charge in [0.15, 0.2) is 9.84 Å². The van der Waals surface area contributed by atoms with Gasteiger partial charge >= 0.3 is 0 Å². The number of hydrogen-bond acceptors (Lipinski definition) is 6. The summed E-state index contributed by atoms with van der Waals surface area (Å²) in [6, 6.07) is 7.67. The van der Waals surface area contributed by atoms with E-state index in [1.807, 2.05) is 31.2 Å². The van der Waals surface area contributed by atoms with Crippen molar-refractivity contribution in [2.24, 2.45) is 11.8 Å². The zero-order chi connectivity index (χ0) is 23.3. The number of nitrogens with zero attached hydrogens (tertiary/aromatic N) is 2.